The van der Waals surface area contributed by atoms with Gasteiger partial charge in [-0.3, -0.25) is 9.59 Å². The lowest BCUT2D eigenvalue weighted by Gasteiger charge is -2.26. The Morgan fingerprint density at radius 2 is 2.28 bits per heavy atom. The van der Waals surface area contributed by atoms with Crippen molar-refractivity contribution in [3.63, 3.8) is 0 Å². The van der Waals surface area contributed by atoms with Crippen LogP contribution in [0.4, 0.5) is 0 Å². The predicted molar refractivity (Wildman–Crippen MR) is 89.0 cm³/mol. The van der Waals surface area contributed by atoms with Crippen molar-refractivity contribution in [1.82, 2.24) is 9.80 Å². The van der Waals surface area contributed by atoms with E-state index in [0.29, 0.717) is 11.5 Å². The van der Waals surface area contributed by atoms with E-state index in [1.807, 2.05) is 6.07 Å². The van der Waals surface area contributed by atoms with Crippen LogP contribution in [0.5, 0.6) is 0 Å². The zero-order chi connectivity index (χ0) is 18.4. The molecular formula is C16H19N3O5S. The molecule has 0 N–H and O–H groups in total. The Labute approximate surface area is 149 Å². The molecule has 0 bridgehead atoms. The van der Waals surface area contributed by atoms with Crippen LogP contribution in [0, 0.1) is 11.3 Å². The number of thioether (sulfide) groups is 1. The molecule has 0 aromatic carbocycles. The summed E-state index contributed by atoms with van der Waals surface area (Å²) in [5.74, 6) is -0.346. The van der Waals surface area contributed by atoms with Crippen LogP contribution in [0.2, 0.25) is 0 Å². The van der Waals surface area contributed by atoms with Gasteiger partial charge in [-0.2, -0.15) is 5.26 Å². The van der Waals surface area contributed by atoms with E-state index in [2.05, 4.69) is 0 Å². The molecule has 1 fully saturated rings. The Morgan fingerprint density at radius 1 is 1.52 bits per heavy atom. The van der Waals surface area contributed by atoms with Gasteiger partial charge in [0.2, 0.25) is 5.91 Å². The van der Waals surface area contributed by atoms with Crippen molar-refractivity contribution in [3.05, 3.63) is 24.2 Å². The van der Waals surface area contributed by atoms with Crippen molar-refractivity contribution in [2.24, 2.45) is 0 Å². The molecule has 9 heteroatoms. The summed E-state index contributed by atoms with van der Waals surface area (Å²) in [5, 5.41) is 8.13. The molecular weight excluding hydrogens is 346 g/mol. The summed E-state index contributed by atoms with van der Waals surface area (Å²) in [6.45, 7) is 1.23. The highest BCUT2D eigenvalue weighted by Crippen LogP contribution is 2.41. The largest absolute Gasteiger partial charge is 0.466 e. The second kappa shape index (κ2) is 8.58. The van der Waals surface area contributed by atoms with Crippen LogP contribution in [-0.4, -0.2) is 59.6 Å². The number of nitriles is 1. The molecule has 1 saturated heterocycles. The second-order valence-corrected chi connectivity index (χ2v) is 6.59. The summed E-state index contributed by atoms with van der Waals surface area (Å²) in [6.07, 6.45) is 1.72. The lowest BCUT2D eigenvalue weighted by molar-refractivity contribution is -0.158. The summed E-state index contributed by atoms with van der Waals surface area (Å²) in [6, 6.07) is 4.64. The van der Waals surface area contributed by atoms with Gasteiger partial charge in [-0.1, -0.05) is 0 Å². The van der Waals surface area contributed by atoms with Crippen molar-refractivity contribution in [2.45, 2.75) is 24.8 Å². The number of furan rings is 1. The van der Waals surface area contributed by atoms with Crippen molar-refractivity contribution in [2.75, 3.05) is 26.0 Å². The van der Waals surface area contributed by atoms with E-state index < -0.39 is 24.5 Å². The topological polar surface area (TPSA) is 104 Å². The number of carbonyl (C=O) groups excluding carboxylic acids is 3. The molecule has 0 saturated carbocycles. The Kier molecular flexibility index (Phi) is 6.47. The van der Waals surface area contributed by atoms with Gasteiger partial charge in [0.05, 0.1) is 18.8 Å². The van der Waals surface area contributed by atoms with Crippen LogP contribution in [0.15, 0.2) is 22.8 Å². The van der Waals surface area contributed by atoms with Gasteiger partial charge >= 0.3 is 5.97 Å². The Hall–Kier alpha value is -2.47. The van der Waals surface area contributed by atoms with Crippen LogP contribution < -0.4 is 0 Å². The first-order valence-corrected chi connectivity index (χ1v) is 8.72. The minimum Gasteiger partial charge on any atom is -0.466 e. The van der Waals surface area contributed by atoms with Gasteiger partial charge in [0.15, 0.2) is 6.61 Å². The summed E-state index contributed by atoms with van der Waals surface area (Å²) >= 11 is 1.40. The minimum absolute atomic E-state index is 0.207. The number of likely N-dealkylation sites (N-methyl/N-ethyl adjacent to an activating group) is 1. The highest BCUT2D eigenvalue weighted by Gasteiger charge is 2.43. The van der Waals surface area contributed by atoms with Gasteiger partial charge < -0.3 is 19.0 Å². The molecule has 0 radical (unpaired) electrons. The second-order valence-electron chi connectivity index (χ2n) is 5.47. The molecule has 134 valence electrons. The van der Waals surface area contributed by atoms with E-state index in [1.165, 1.54) is 41.8 Å². The molecule has 0 unspecified atom stereocenters. The molecule has 1 aliphatic rings. The normalized spacial score (nSPS) is 19.3. The van der Waals surface area contributed by atoms with E-state index in [4.69, 9.17) is 14.4 Å². The zero-order valence-corrected chi connectivity index (χ0v) is 14.8. The number of nitrogens with zero attached hydrogens (tertiary/aromatic N) is 3. The molecule has 2 atom stereocenters. The van der Waals surface area contributed by atoms with Gasteiger partial charge in [-0.25, -0.2) is 4.79 Å². The van der Waals surface area contributed by atoms with Crippen LogP contribution in [-0.2, 0) is 19.1 Å². The van der Waals surface area contributed by atoms with Crippen LogP contribution >= 0.6 is 11.8 Å². The summed E-state index contributed by atoms with van der Waals surface area (Å²) < 4.78 is 10.4. The van der Waals surface area contributed by atoms with Gasteiger partial charge in [0.25, 0.3) is 5.91 Å². The predicted octanol–water partition coefficient (Wildman–Crippen LogP) is 1.16. The number of ether oxygens (including phenoxy) is 1. The first-order valence-electron chi connectivity index (χ1n) is 7.67. The summed E-state index contributed by atoms with van der Waals surface area (Å²) in [7, 11) is 1.54. The molecule has 2 rings (SSSR count). The minimum atomic E-state index is -0.769. The lowest BCUT2D eigenvalue weighted by atomic mass is 10.2. The van der Waals surface area contributed by atoms with Gasteiger partial charge in [-0.15, -0.1) is 11.8 Å². The number of rotatable bonds is 6. The number of carbonyl (C=O) groups is 3. The van der Waals surface area contributed by atoms with Gasteiger partial charge in [0, 0.05) is 26.3 Å². The monoisotopic (exact) mass is 365 g/mol. The first-order chi connectivity index (χ1) is 12.0. The standard InChI is InChI=1S/C16H19N3O5S/c1-11(20)19-12(10-25-15(19)13-5-3-8-23-13)16(22)24-9-14(21)18(2)7-4-6-17/h3,5,8,12,15H,4,7,9-10H2,1-2H3/t12-,15-/m0/s1. The summed E-state index contributed by atoms with van der Waals surface area (Å²) in [5.41, 5.74) is 0. The molecule has 1 aliphatic heterocycles. The number of hydrogen-bond acceptors (Lipinski definition) is 7. The maximum atomic E-state index is 12.3. The average molecular weight is 365 g/mol. The third-order valence-electron chi connectivity index (χ3n) is 3.75. The molecule has 25 heavy (non-hydrogen) atoms. The van der Waals surface area contributed by atoms with Gasteiger partial charge in [0.1, 0.15) is 17.2 Å². The lowest BCUT2D eigenvalue weighted by Crippen LogP contribution is -2.43. The molecule has 2 heterocycles. The maximum Gasteiger partial charge on any atom is 0.330 e. The number of esters is 1. The highest BCUT2D eigenvalue weighted by atomic mass is 32.2. The van der Waals surface area contributed by atoms with E-state index in [0.717, 1.165) is 0 Å². The van der Waals surface area contributed by atoms with Crippen LogP contribution in [0.1, 0.15) is 24.5 Å². The first kappa shape index (κ1) is 18.9. The smallest absolute Gasteiger partial charge is 0.330 e. The third-order valence-corrected chi connectivity index (χ3v) is 5.03. The van der Waals surface area contributed by atoms with Crippen molar-refractivity contribution in [1.29, 1.82) is 5.26 Å². The third kappa shape index (κ3) is 4.54. The zero-order valence-electron chi connectivity index (χ0n) is 14.0. The van der Waals surface area contributed by atoms with Gasteiger partial charge in [-0.05, 0) is 12.1 Å². The SMILES string of the molecule is CC(=O)N1[C@H](C(=O)OCC(=O)N(C)CCC#N)CS[C@H]1c1ccco1. The fraction of sp³-hybridized carbons (Fsp3) is 0.500. The summed E-state index contributed by atoms with van der Waals surface area (Å²) in [4.78, 5) is 38.9. The van der Waals surface area contributed by atoms with Crippen molar-refractivity contribution < 1.29 is 23.5 Å². The highest BCUT2D eigenvalue weighted by molar-refractivity contribution is 7.99. The molecule has 8 nitrogen and oxygen atoms in total. The van der Waals surface area contributed by atoms with E-state index in [1.54, 1.807) is 12.1 Å². The molecule has 1 aromatic heterocycles. The molecule has 0 aliphatic carbocycles. The Bertz CT molecular complexity index is 670. The van der Waals surface area contributed by atoms with E-state index >= 15 is 0 Å². The Balaban J connectivity index is 1.96. The molecule has 2 amide bonds. The average Bonchev–Trinajstić information content (AvgIpc) is 3.25. The Morgan fingerprint density at radius 3 is 2.88 bits per heavy atom. The maximum absolute atomic E-state index is 12.3. The van der Waals surface area contributed by atoms with Crippen LogP contribution in [0.25, 0.3) is 0 Å². The molecule has 1 aromatic rings. The number of amides is 2. The molecule has 0 spiro atoms. The number of hydrogen-bond donors (Lipinski definition) is 0. The van der Waals surface area contributed by atoms with Crippen molar-refractivity contribution >= 4 is 29.5 Å². The quantitative estimate of drug-likeness (QED) is 0.697. The van der Waals surface area contributed by atoms with E-state index in [9.17, 15) is 14.4 Å². The fourth-order valence-corrected chi connectivity index (χ4v) is 3.82. The van der Waals surface area contributed by atoms with E-state index in [-0.39, 0.29) is 24.2 Å². The van der Waals surface area contributed by atoms with Crippen LogP contribution in [0.3, 0.4) is 0 Å². The fourth-order valence-electron chi connectivity index (χ4n) is 2.41. The van der Waals surface area contributed by atoms with Crippen molar-refractivity contribution in [3.8, 4) is 6.07 Å².